The van der Waals surface area contributed by atoms with Crippen LogP contribution in [-0.2, 0) is 11.2 Å². The first-order valence-electron chi connectivity index (χ1n) is 7.00. The number of aryl methyl sites for hydroxylation is 1. The topological polar surface area (TPSA) is 80.9 Å². The van der Waals surface area contributed by atoms with Crippen molar-refractivity contribution < 1.29 is 4.79 Å². The highest BCUT2D eigenvalue weighted by Gasteiger charge is 2.33. The molecule has 2 rings (SSSR count). The average molecular weight is 282 g/mol. The van der Waals surface area contributed by atoms with Gasteiger partial charge in [-0.15, -0.1) is 10.2 Å². The van der Waals surface area contributed by atoms with Crippen LogP contribution in [0.3, 0.4) is 0 Å². The summed E-state index contributed by atoms with van der Waals surface area (Å²) in [4.78, 5) is 12.1. The van der Waals surface area contributed by atoms with Crippen LogP contribution >= 0.6 is 11.3 Å². The molecule has 106 valence electrons. The average Bonchev–Trinajstić information content (AvgIpc) is 2.87. The maximum absolute atomic E-state index is 12.1. The Morgan fingerprint density at radius 3 is 2.68 bits per heavy atom. The van der Waals surface area contributed by atoms with E-state index in [1.54, 1.807) is 0 Å². The van der Waals surface area contributed by atoms with Crippen molar-refractivity contribution in [3.05, 3.63) is 5.01 Å². The quantitative estimate of drug-likeness (QED) is 0.868. The lowest BCUT2D eigenvalue weighted by molar-refractivity contribution is -0.118. The number of nitrogens with two attached hydrogens (primary N) is 1. The molecule has 0 radical (unpaired) electrons. The standard InChI is InChI=1S/C13H22N4OS/c1-2-11-16-17-12(19-11)15-10(18)8-13(9-14)6-4-3-5-7-13/h2-9,14H2,1H3,(H,15,17,18). The van der Waals surface area contributed by atoms with Crippen molar-refractivity contribution >= 4 is 22.4 Å². The molecule has 1 amide bonds. The van der Waals surface area contributed by atoms with Crippen LogP contribution in [-0.4, -0.2) is 22.6 Å². The number of nitrogens with one attached hydrogen (secondary N) is 1. The van der Waals surface area contributed by atoms with E-state index in [1.165, 1.54) is 30.6 Å². The van der Waals surface area contributed by atoms with Crippen LogP contribution in [0, 0.1) is 5.41 Å². The highest BCUT2D eigenvalue weighted by molar-refractivity contribution is 7.15. The Morgan fingerprint density at radius 2 is 2.11 bits per heavy atom. The fraction of sp³-hybridized carbons (Fsp3) is 0.769. The van der Waals surface area contributed by atoms with Crippen LogP contribution in [0.15, 0.2) is 0 Å². The van der Waals surface area contributed by atoms with Gasteiger partial charge in [-0.1, -0.05) is 37.5 Å². The highest BCUT2D eigenvalue weighted by atomic mass is 32.1. The largest absolute Gasteiger partial charge is 0.330 e. The van der Waals surface area contributed by atoms with E-state index in [2.05, 4.69) is 15.5 Å². The number of rotatable bonds is 5. The van der Waals surface area contributed by atoms with E-state index in [0.717, 1.165) is 24.3 Å². The first-order valence-corrected chi connectivity index (χ1v) is 7.81. The third kappa shape index (κ3) is 3.73. The number of hydrogen-bond acceptors (Lipinski definition) is 5. The van der Waals surface area contributed by atoms with Crippen molar-refractivity contribution in [2.45, 2.75) is 51.9 Å². The van der Waals surface area contributed by atoms with Gasteiger partial charge in [-0.3, -0.25) is 4.79 Å². The van der Waals surface area contributed by atoms with Crippen LogP contribution in [0.25, 0.3) is 0 Å². The Morgan fingerprint density at radius 1 is 1.37 bits per heavy atom. The lowest BCUT2D eigenvalue weighted by atomic mass is 9.72. The molecule has 0 spiro atoms. The zero-order valence-electron chi connectivity index (χ0n) is 11.4. The van der Waals surface area contributed by atoms with E-state index in [4.69, 9.17) is 5.73 Å². The molecule has 0 bridgehead atoms. The molecule has 0 aromatic carbocycles. The maximum atomic E-state index is 12.1. The molecule has 1 aliphatic rings. The zero-order valence-corrected chi connectivity index (χ0v) is 12.3. The zero-order chi connectivity index (χ0) is 13.7. The Labute approximate surface area is 118 Å². The molecule has 5 nitrogen and oxygen atoms in total. The summed E-state index contributed by atoms with van der Waals surface area (Å²) >= 11 is 1.44. The molecule has 6 heteroatoms. The lowest BCUT2D eigenvalue weighted by Gasteiger charge is -2.35. The third-order valence-corrected chi connectivity index (χ3v) is 4.88. The second-order valence-electron chi connectivity index (χ2n) is 5.34. The molecule has 0 aliphatic heterocycles. The van der Waals surface area contributed by atoms with Gasteiger partial charge in [-0.05, 0) is 31.2 Å². The fourth-order valence-corrected chi connectivity index (χ4v) is 3.40. The number of carbonyl (C=O) groups excluding carboxylic acids is 1. The summed E-state index contributed by atoms with van der Waals surface area (Å²) in [6, 6.07) is 0. The third-order valence-electron chi connectivity index (χ3n) is 3.90. The van der Waals surface area contributed by atoms with Gasteiger partial charge in [0.25, 0.3) is 0 Å². The van der Waals surface area contributed by atoms with Crippen molar-refractivity contribution in [1.82, 2.24) is 10.2 Å². The van der Waals surface area contributed by atoms with Crippen molar-refractivity contribution in [1.29, 1.82) is 0 Å². The van der Waals surface area contributed by atoms with Crippen LogP contribution in [0.4, 0.5) is 5.13 Å². The van der Waals surface area contributed by atoms with E-state index >= 15 is 0 Å². The fourth-order valence-electron chi connectivity index (χ4n) is 2.71. The van der Waals surface area contributed by atoms with E-state index < -0.39 is 0 Å². The molecule has 3 N–H and O–H groups in total. The molecule has 1 aliphatic carbocycles. The van der Waals surface area contributed by atoms with Gasteiger partial charge in [0.1, 0.15) is 5.01 Å². The lowest BCUT2D eigenvalue weighted by Crippen LogP contribution is -2.36. The molecule has 0 atom stereocenters. The normalized spacial score (nSPS) is 18.2. The van der Waals surface area contributed by atoms with Crippen LogP contribution in [0.2, 0.25) is 0 Å². The van der Waals surface area contributed by atoms with E-state index in [9.17, 15) is 4.79 Å². The predicted molar refractivity (Wildman–Crippen MR) is 77.1 cm³/mol. The molecular weight excluding hydrogens is 260 g/mol. The summed E-state index contributed by atoms with van der Waals surface area (Å²) in [5, 5.41) is 12.4. The van der Waals surface area contributed by atoms with Gasteiger partial charge in [-0.25, -0.2) is 0 Å². The minimum atomic E-state index is 0.000603. The Bertz CT molecular complexity index is 426. The predicted octanol–water partition coefficient (Wildman–Crippen LogP) is 2.34. The summed E-state index contributed by atoms with van der Waals surface area (Å²) in [6.07, 6.45) is 7.11. The Balaban J connectivity index is 1.92. The first-order chi connectivity index (χ1) is 9.17. The van der Waals surface area contributed by atoms with E-state index in [-0.39, 0.29) is 11.3 Å². The van der Waals surface area contributed by atoms with Gasteiger partial charge in [0.2, 0.25) is 11.0 Å². The van der Waals surface area contributed by atoms with Crippen LogP contribution < -0.4 is 11.1 Å². The molecule has 19 heavy (non-hydrogen) atoms. The second-order valence-corrected chi connectivity index (χ2v) is 6.41. The molecule has 1 heterocycles. The molecule has 0 saturated heterocycles. The van der Waals surface area contributed by atoms with Gasteiger partial charge in [-0.2, -0.15) is 0 Å². The smallest absolute Gasteiger partial charge is 0.226 e. The SMILES string of the molecule is CCc1nnc(NC(=O)CC2(CN)CCCCC2)s1. The molecular formula is C13H22N4OS. The summed E-state index contributed by atoms with van der Waals surface area (Å²) in [5.41, 5.74) is 5.90. The molecule has 1 aromatic heterocycles. The number of carbonyl (C=O) groups is 1. The maximum Gasteiger partial charge on any atom is 0.226 e. The first kappa shape index (κ1) is 14.4. The van der Waals surface area contributed by atoms with E-state index in [0.29, 0.717) is 18.1 Å². The van der Waals surface area contributed by atoms with Crippen molar-refractivity contribution in [3.8, 4) is 0 Å². The minimum Gasteiger partial charge on any atom is -0.330 e. The Kier molecular flexibility index (Phi) is 4.87. The number of amides is 1. The van der Waals surface area contributed by atoms with Gasteiger partial charge in [0, 0.05) is 6.42 Å². The number of anilines is 1. The van der Waals surface area contributed by atoms with Gasteiger partial charge >= 0.3 is 0 Å². The summed E-state index contributed by atoms with van der Waals surface area (Å²) in [5.74, 6) is 0.0196. The molecule has 0 unspecified atom stereocenters. The van der Waals surface area contributed by atoms with Crippen molar-refractivity contribution in [2.24, 2.45) is 11.1 Å². The number of nitrogens with zero attached hydrogens (tertiary/aromatic N) is 2. The highest BCUT2D eigenvalue weighted by Crippen LogP contribution is 2.38. The molecule has 1 aromatic rings. The molecule has 1 fully saturated rings. The second kappa shape index (κ2) is 6.43. The summed E-state index contributed by atoms with van der Waals surface area (Å²) < 4.78 is 0. The minimum absolute atomic E-state index is 0.000603. The summed E-state index contributed by atoms with van der Waals surface area (Å²) in [7, 11) is 0. The molecule has 1 saturated carbocycles. The van der Waals surface area contributed by atoms with Crippen LogP contribution in [0.1, 0.15) is 50.5 Å². The van der Waals surface area contributed by atoms with Crippen LogP contribution in [0.5, 0.6) is 0 Å². The van der Waals surface area contributed by atoms with Gasteiger partial charge < -0.3 is 11.1 Å². The summed E-state index contributed by atoms with van der Waals surface area (Å²) in [6.45, 7) is 2.62. The van der Waals surface area contributed by atoms with Gasteiger partial charge in [0.05, 0.1) is 0 Å². The number of aromatic nitrogens is 2. The van der Waals surface area contributed by atoms with Crippen molar-refractivity contribution in [3.63, 3.8) is 0 Å². The van der Waals surface area contributed by atoms with E-state index in [1.807, 2.05) is 6.92 Å². The Hall–Kier alpha value is -1.01. The number of hydrogen-bond donors (Lipinski definition) is 2. The van der Waals surface area contributed by atoms with Gasteiger partial charge in [0.15, 0.2) is 0 Å². The van der Waals surface area contributed by atoms with Crippen molar-refractivity contribution in [2.75, 3.05) is 11.9 Å². The monoisotopic (exact) mass is 282 g/mol.